The van der Waals surface area contributed by atoms with Gasteiger partial charge >= 0.3 is 0 Å². The van der Waals surface area contributed by atoms with Crippen LogP contribution in [0.5, 0.6) is 0 Å². The Morgan fingerprint density at radius 1 is 1.05 bits per heavy atom. The van der Waals surface area contributed by atoms with Gasteiger partial charge in [0.1, 0.15) is 0 Å². The Morgan fingerprint density at radius 3 is 2.47 bits per heavy atom. The average Bonchev–Trinajstić information content (AvgIpc) is 2.72. The van der Waals surface area contributed by atoms with Crippen molar-refractivity contribution in [2.45, 2.75) is 33.2 Å². The number of fused-ring (bicyclic) bond motifs is 1. The summed E-state index contributed by atoms with van der Waals surface area (Å²) in [6.45, 7) is 5.94. The van der Waals surface area contributed by atoms with Gasteiger partial charge in [0.15, 0.2) is 0 Å². The van der Waals surface area contributed by atoms with E-state index in [1.807, 2.05) is 24.6 Å². The van der Waals surface area contributed by atoms with Crippen molar-refractivity contribution < 1.29 is 0 Å². The van der Waals surface area contributed by atoms with Crippen molar-refractivity contribution in [1.82, 2.24) is 14.8 Å². The lowest BCUT2D eigenvalue weighted by Gasteiger charge is -2.20. The van der Waals surface area contributed by atoms with Crippen LogP contribution in [0.25, 0.3) is 0 Å². The molecule has 0 spiro atoms. The van der Waals surface area contributed by atoms with Crippen LogP contribution in [0, 0.1) is 0 Å². The predicted octanol–water partition coefficient (Wildman–Crippen LogP) is 4.00. The summed E-state index contributed by atoms with van der Waals surface area (Å²) < 4.78 is 2.64. The number of rotatable bonds is 1. The van der Waals surface area contributed by atoms with Crippen LogP contribution in [-0.4, -0.2) is 21.3 Å². The lowest BCUT2D eigenvalue weighted by Crippen LogP contribution is -2.19. The highest BCUT2D eigenvalue weighted by Gasteiger charge is 2.20. The van der Waals surface area contributed by atoms with Crippen LogP contribution < -0.4 is 4.90 Å². The molecule has 0 N–H and O–H groups in total. The number of aryl methyl sites for hydroxylation is 1. The van der Waals surface area contributed by atoms with Crippen molar-refractivity contribution in [3.8, 4) is 0 Å². The van der Waals surface area contributed by atoms with Gasteiger partial charge < -0.3 is 4.90 Å². The lowest BCUT2D eigenvalue weighted by molar-refractivity contribution is 0.590. The fourth-order valence-corrected chi connectivity index (χ4v) is 2.49. The topological polar surface area (TPSA) is 34.0 Å². The van der Waals surface area contributed by atoms with Crippen molar-refractivity contribution in [1.29, 1.82) is 0 Å². The zero-order valence-electron chi connectivity index (χ0n) is 11.4. The van der Waals surface area contributed by atoms with Crippen LogP contribution in [-0.2, 0) is 6.54 Å². The summed E-state index contributed by atoms with van der Waals surface area (Å²) in [6, 6.07) is 10.4. The molecule has 0 bridgehead atoms. The number of anilines is 2. The van der Waals surface area contributed by atoms with E-state index < -0.39 is 0 Å². The quantitative estimate of drug-likeness (QED) is 0.795. The van der Waals surface area contributed by atoms with Crippen LogP contribution in [0.15, 0.2) is 35.1 Å². The number of hydrogen-bond acceptors (Lipinski definition) is 3. The monoisotopic (exact) mass is 322 g/mol. The molecule has 0 unspecified atom stereocenters. The highest BCUT2D eigenvalue weighted by atomic mass is 79.9. The summed E-state index contributed by atoms with van der Waals surface area (Å²) in [5.41, 5.74) is 1.18. The van der Waals surface area contributed by atoms with Crippen LogP contribution in [0.1, 0.15) is 26.7 Å². The molecule has 102 valence electrons. The van der Waals surface area contributed by atoms with E-state index in [0.717, 1.165) is 31.9 Å². The highest BCUT2D eigenvalue weighted by molar-refractivity contribution is 9.10. The van der Waals surface area contributed by atoms with E-state index in [9.17, 15) is 0 Å². The number of hydrogen-bond donors (Lipinski definition) is 0. The smallest absolute Gasteiger partial charge is 0.229 e. The van der Waals surface area contributed by atoms with Crippen LogP contribution in [0.2, 0.25) is 0 Å². The maximum Gasteiger partial charge on any atom is 0.229 e. The molecule has 0 saturated carbocycles. The number of aromatic nitrogens is 3. The third kappa shape index (κ3) is 3.15. The molecular formula is C14H19BrN4. The lowest BCUT2D eigenvalue weighted by atomic mass is 10.2. The zero-order chi connectivity index (χ0) is 13.7. The Kier molecular flexibility index (Phi) is 4.96. The molecule has 5 heteroatoms. The number of para-hydroxylation sites is 1. The first kappa shape index (κ1) is 14.1. The summed E-state index contributed by atoms with van der Waals surface area (Å²) >= 11 is 3.35. The van der Waals surface area contributed by atoms with E-state index in [2.05, 4.69) is 55.2 Å². The SMILES string of the molecule is Brc1nc2n(n1)CCCCN2c1ccccc1.CC. The maximum atomic E-state index is 4.46. The minimum atomic E-state index is 0.662. The number of halogens is 1. The van der Waals surface area contributed by atoms with Crippen molar-refractivity contribution in [3.63, 3.8) is 0 Å². The molecule has 2 heterocycles. The molecule has 4 nitrogen and oxygen atoms in total. The van der Waals surface area contributed by atoms with Gasteiger partial charge in [0.05, 0.1) is 0 Å². The van der Waals surface area contributed by atoms with E-state index in [0.29, 0.717) is 4.73 Å². The Morgan fingerprint density at radius 2 is 1.74 bits per heavy atom. The molecule has 1 aliphatic rings. The predicted molar refractivity (Wildman–Crippen MR) is 81.8 cm³/mol. The van der Waals surface area contributed by atoms with E-state index >= 15 is 0 Å². The molecule has 0 aliphatic carbocycles. The van der Waals surface area contributed by atoms with Crippen LogP contribution in [0.4, 0.5) is 11.6 Å². The Hall–Kier alpha value is -1.36. The standard InChI is InChI=1S/C12H13BrN4.C2H6/c13-11-14-12-16(10-6-2-1-3-7-10)8-4-5-9-17(12)15-11;1-2/h1-3,6-7H,4-5,8-9H2;1-2H3. The zero-order valence-corrected chi connectivity index (χ0v) is 13.0. The summed E-state index contributed by atoms with van der Waals surface area (Å²) in [4.78, 5) is 6.69. The molecule has 0 radical (unpaired) electrons. The van der Waals surface area contributed by atoms with Crippen LogP contribution >= 0.6 is 15.9 Å². The van der Waals surface area contributed by atoms with Gasteiger partial charge in [-0.15, -0.1) is 5.10 Å². The summed E-state index contributed by atoms with van der Waals surface area (Å²) in [6.07, 6.45) is 2.31. The van der Waals surface area contributed by atoms with Crippen LogP contribution in [0.3, 0.4) is 0 Å². The molecule has 0 fully saturated rings. The van der Waals surface area contributed by atoms with E-state index in [1.54, 1.807) is 0 Å². The minimum absolute atomic E-state index is 0.662. The van der Waals surface area contributed by atoms with Gasteiger partial charge in [0, 0.05) is 18.8 Å². The van der Waals surface area contributed by atoms with Crippen molar-refractivity contribution in [3.05, 3.63) is 35.1 Å². The molecule has 0 atom stereocenters. The molecular weight excluding hydrogens is 304 g/mol. The molecule has 1 aromatic heterocycles. The third-order valence-electron chi connectivity index (χ3n) is 2.94. The normalized spacial score (nSPS) is 14.2. The first-order valence-corrected chi connectivity index (χ1v) is 7.57. The molecule has 1 aromatic carbocycles. The van der Waals surface area contributed by atoms with Gasteiger partial charge in [-0.2, -0.15) is 4.98 Å². The largest absolute Gasteiger partial charge is 0.311 e. The second-order valence-corrected chi connectivity index (χ2v) is 4.81. The van der Waals surface area contributed by atoms with Crippen molar-refractivity contribution >= 4 is 27.6 Å². The van der Waals surface area contributed by atoms with Gasteiger partial charge in [0.25, 0.3) is 0 Å². The summed E-state index contributed by atoms with van der Waals surface area (Å²) in [5.74, 6) is 0.931. The molecule has 3 rings (SSSR count). The van der Waals surface area contributed by atoms with Gasteiger partial charge in [-0.25, -0.2) is 4.68 Å². The molecule has 2 aromatic rings. The van der Waals surface area contributed by atoms with Gasteiger partial charge in [-0.3, -0.25) is 0 Å². The number of benzene rings is 1. The molecule has 1 aliphatic heterocycles. The van der Waals surface area contributed by atoms with E-state index in [1.165, 1.54) is 5.69 Å². The maximum absolute atomic E-state index is 4.46. The Bertz CT molecular complexity index is 509. The Labute approximate surface area is 122 Å². The second-order valence-electron chi connectivity index (χ2n) is 4.10. The van der Waals surface area contributed by atoms with Gasteiger partial charge in [-0.1, -0.05) is 32.0 Å². The minimum Gasteiger partial charge on any atom is -0.311 e. The van der Waals surface area contributed by atoms with E-state index in [4.69, 9.17) is 0 Å². The molecule has 0 amide bonds. The van der Waals surface area contributed by atoms with E-state index in [-0.39, 0.29) is 0 Å². The molecule has 0 saturated heterocycles. The summed E-state index contributed by atoms with van der Waals surface area (Å²) in [5, 5.41) is 4.37. The number of nitrogens with zero attached hydrogens (tertiary/aromatic N) is 4. The molecule has 19 heavy (non-hydrogen) atoms. The van der Waals surface area contributed by atoms with Crippen molar-refractivity contribution in [2.75, 3.05) is 11.4 Å². The fraction of sp³-hybridized carbons (Fsp3) is 0.429. The fourth-order valence-electron chi connectivity index (χ4n) is 2.14. The average molecular weight is 323 g/mol. The van der Waals surface area contributed by atoms with Gasteiger partial charge in [0.2, 0.25) is 10.7 Å². The summed E-state index contributed by atoms with van der Waals surface area (Å²) in [7, 11) is 0. The first-order chi connectivity index (χ1) is 9.34. The Balaban J connectivity index is 0.000000637. The highest BCUT2D eigenvalue weighted by Crippen LogP contribution is 2.27. The first-order valence-electron chi connectivity index (χ1n) is 6.77. The second kappa shape index (κ2) is 6.70. The third-order valence-corrected chi connectivity index (χ3v) is 3.27. The van der Waals surface area contributed by atoms with Crippen molar-refractivity contribution in [2.24, 2.45) is 0 Å². The van der Waals surface area contributed by atoms with Gasteiger partial charge in [-0.05, 0) is 40.9 Å².